The molecule has 51 heavy (non-hydrogen) atoms. The van der Waals surface area contributed by atoms with Crippen LogP contribution in [0.15, 0.2) is 71.4 Å². The number of ether oxygens (including phenoxy) is 5. The molecule has 0 amide bonds. The minimum Gasteiger partial charge on any atom is -0.497 e. The molecule has 1 N–H and O–H groups in total. The predicted molar refractivity (Wildman–Crippen MR) is 209 cm³/mol. The normalized spacial score (nSPS) is 19.4. The van der Waals surface area contributed by atoms with Gasteiger partial charge in [-0.05, 0) is 103 Å². The van der Waals surface area contributed by atoms with E-state index in [4.69, 9.17) is 28.1 Å². The van der Waals surface area contributed by atoms with Gasteiger partial charge >= 0.3 is 5.97 Å². The lowest BCUT2D eigenvalue weighted by Gasteiger charge is -2.42. The fraction of sp³-hybridized carbons (Fsp3) is 0.643. The largest absolute Gasteiger partial charge is 0.497 e. The molecule has 1 aromatic rings. The number of rotatable bonds is 23. The Morgan fingerprint density at radius 1 is 0.980 bits per heavy atom. The van der Waals surface area contributed by atoms with Crippen LogP contribution in [0.2, 0.25) is 16.6 Å². The van der Waals surface area contributed by atoms with E-state index in [0.717, 1.165) is 34.5 Å². The maximum absolute atomic E-state index is 12.7. The van der Waals surface area contributed by atoms with Crippen LogP contribution in [0.1, 0.15) is 93.1 Å². The highest BCUT2D eigenvalue weighted by Gasteiger charge is 2.45. The SMILES string of the molecule is C=C(C)[C@@H]1CC(C)=C[C@H](OCOC)[C@H]1C[C@@H](O)/C=C(CCO[Si](C(C)C)(C(C)C)C(C)C)/C(=C/C(=O)OC)CCCOCc1ccc(OC)cc1. The Kier molecular flexibility index (Phi) is 19.7. The highest BCUT2D eigenvalue weighted by atomic mass is 28.4. The molecule has 9 heteroatoms. The highest BCUT2D eigenvalue weighted by molar-refractivity contribution is 6.77. The standard InChI is InChI=1S/C42H68O8Si/c1-29(2)39-22-33(9)23-41(49-28-45-10)40(39)26-37(43)24-36(19-21-50-51(30(3)4,31(5)6)32(7)8)35(25-42(44)47-12)14-13-20-48-27-34-15-17-38(46-11)18-16-34/h15-18,23-25,30-32,37,39-41,43H,1,13-14,19-22,26-28H2,2-12H3/b35-25+,36-24+/t37-,39-,40-,41-/m0/s1. The van der Waals surface area contributed by atoms with Crippen LogP contribution in [0.5, 0.6) is 5.75 Å². The summed E-state index contributed by atoms with van der Waals surface area (Å²) < 4.78 is 34.7. The third-order valence-electron chi connectivity index (χ3n) is 10.3. The summed E-state index contributed by atoms with van der Waals surface area (Å²) in [6.45, 7) is 23.8. The molecule has 1 aliphatic carbocycles. The first-order valence-electron chi connectivity index (χ1n) is 18.6. The number of carbonyl (C=O) groups is 1. The molecule has 8 nitrogen and oxygen atoms in total. The molecule has 0 unspecified atom stereocenters. The quantitative estimate of drug-likeness (QED) is 0.0227. The average molecular weight is 729 g/mol. The maximum atomic E-state index is 12.7. The minimum atomic E-state index is -2.14. The number of carbonyl (C=O) groups excluding carboxylic acids is 1. The molecule has 0 saturated carbocycles. The van der Waals surface area contributed by atoms with E-state index in [1.807, 2.05) is 30.3 Å². The Hall–Kier alpha value is -2.53. The van der Waals surface area contributed by atoms with Gasteiger partial charge in [-0.2, -0.15) is 0 Å². The molecule has 0 radical (unpaired) electrons. The number of benzene rings is 1. The van der Waals surface area contributed by atoms with E-state index in [9.17, 15) is 9.90 Å². The number of hydrogen-bond acceptors (Lipinski definition) is 8. The summed E-state index contributed by atoms with van der Waals surface area (Å²) in [6, 6.07) is 7.83. The lowest BCUT2D eigenvalue weighted by molar-refractivity contribution is -0.134. The molecule has 1 aromatic carbocycles. The Balaban J connectivity index is 2.40. The second-order valence-corrected chi connectivity index (χ2v) is 20.4. The Morgan fingerprint density at radius 2 is 1.63 bits per heavy atom. The van der Waals surface area contributed by atoms with Gasteiger partial charge < -0.3 is 33.2 Å². The van der Waals surface area contributed by atoms with Gasteiger partial charge in [0, 0.05) is 26.4 Å². The van der Waals surface area contributed by atoms with Crippen molar-refractivity contribution < 1.29 is 38.0 Å². The first kappa shape index (κ1) is 44.6. The summed E-state index contributed by atoms with van der Waals surface area (Å²) in [5, 5.41) is 11.8. The van der Waals surface area contributed by atoms with Crippen molar-refractivity contribution in [2.45, 2.75) is 123 Å². The highest BCUT2D eigenvalue weighted by Crippen LogP contribution is 2.43. The topological polar surface area (TPSA) is 92.7 Å². The molecular weight excluding hydrogens is 661 g/mol. The second kappa shape index (κ2) is 22.5. The van der Waals surface area contributed by atoms with Crippen LogP contribution in [-0.2, 0) is 34.8 Å². The van der Waals surface area contributed by atoms with Crippen molar-refractivity contribution in [1.82, 2.24) is 0 Å². The van der Waals surface area contributed by atoms with E-state index in [-0.39, 0.29) is 24.7 Å². The number of hydrogen-bond donors (Lipinski definition) is 1. The molecule has 0 bridgehead atoms. The van der Waals surface area contributed by atoms with Crippen LogP contribution >= 0.6 is 0 Å². The number of allylic oxidation sites excluding steroid dienone is 3. The Bertz CT molecular complexity index is 1270. The van der Waals surface area contributed by atoms with Crippen molar-refractivity contribution in [2.75, 3.05) is 41.3 Å². The second-order valence-electron chi connectivity index (χ2n) is 15.0. The van der Waals surface area contributed by atoms with E-state index in [1.54, 1.807) is 20.3 Å². The number of aliphatic hydroxyl groups excluding tert-OH is 1. The molecule has 1 aliphatic rings. The first-order valence-corrected chi connectivity index (χ1v) is 20.8. The van der Waals surface area contributed by atoms with Crippen molar-refractivity contribution >= 4 is 14.3 Å². The molecule has 0 fully saturated rings. The van der Waals surface area contributed by atoms with E-state index < -0.39 is 20.4 Å². The van der Waals surface area contributed by atoms with Gasteiger partial charge in [-0.15, -0.1) is 0 Å². The lowest BCUT2D eigenvalue weighted by atomic mass is 9.72. The molecular formula is C42H68O8Si. The Labute approximate surface area is 310 Å². The lowest BCUT2D eigenvalue weighted by Crippen LogP contribution is -2.48. The van der Waals surface area contributed by atoms with Crippen molar-refractivity contribution in [3.05, 3.63) is 76.9 Å². The molecule has 0 aromatic heterocycles. The van der Waals surface area contributed by atoms with E-state index in [2.05, 4.69) is 68.0 Å². The molecule has 4 atom stereocenters. The molecule has 2 rings (SSSR count). The fourth-order valence-corrected chi connectivity index (χ4v) is 13.4. The number of aliphatic hydroxyl groups is 1. The monoisotopic (exact) mass is 728 g/mol. The minimum absolute atomic E-state index is 0.00683. The molecule has 0 aliphatic heterocycles. The smallest absolute Gasteiger partial charge is 0.330 e. The van der Waals surface area contributed by atoms with Crippen LogP contribution in [0.25, 0.3) is 0 Å². The van der Waals surface area contributed by atoms with E-state index in [1.165, 1.54) is 12.7 Å². The Morgan fingerprint density at radius 3 is 2.18 bits per heavy atom. The summed E-state index contributed by atoms with van der Waals surface area (Å²) in [5.74, 6) is 0.547. The number of esters is 1. The van der Waals surface area contributed by atoms with Gasteiger partial charge in [0.05, 0.1) is 33.0 Å². The van der Waals surface area contributed by atoms with Crippen molar-refractivity contribution in [2.24, 2.45) is 11.8 Å². The summed E-state index contributed by atoms with van der Waals surface area (Å²) in [4.78, 5) is 12.7. The van der Waals surface area contributed by atoms with Gasteiger partial charge in [0.2, 0.25) is 0 Å². The third kappa shape index (κ3) is 13.8. The summed E-state index contributed by atoms with van der Waals surface area (Å²) in [5.41, 5.74) is 6.41. The van der Waals surface area contributed by atoms with Crippen LogP contribution in [0.3, 0.4) is 0 Å². The maximum Gasteiger partial charge on any atom is 0.330 e. The summed E-state index contributed by atoms with van der Waals surface area (Å²) in [7, 11) is 2.51. The number of methoxy groups -OCH3 is 3. The zero-order valence-electron chi connectivity index (χ0n) is 33.5. The van der Waals surface area contributed by atoms with Crippen LogP contribution in [-0.4, -0.2) is 72.9 Å². The van der Waals surface area contributed by atoms with Crippen molar-refractivity contribution in [1.29, 1.82) is 0 Å². The third-order valence-corrected chi connectivity index (χ3v) is 16.5. The molecule has 0 heterocycles. The van der Waals surface area contributed by atoms with Crippen LogP contribution < -0.4 is 4.74 Å². The molecule has 288 valence electrons. The zero-order chi connectivity index (χ0) is 38.1. The zero-order valence-corrected chi connectivity index (χ0v) is 34.5. The summed E-state index contributed by atoms with van der Waals surface area (Å²) >= 11 is 0. The van der Waals surface area contributed by atoms with Gasteiger partial charge in [-0.1, -0.05) is 83.6 Å². The van der Waals surface area contributed by atoms with Gasteiger partial charge in [-0.25, -0.2) is 4.79 Å². The van der Waals surface area contributed by atoms with Crippen molar-refractivity contribution in [3.8, 4) is 5.75 Å². The fourth-order valence-electron chi connectivity index (χ4n) is 7.93. The average Bonchev–Trinajstić information content (AvgIpc) is 3.08. The van der Waals surface area contributed by atoms with Crippen LogP contribution in [0.4, 0.5) is 0 Å². The molecule has 0 spiro atoms. The van der Waals surface area contributed by atoms with Gasteiger partial charge in [-0.3, -0.25) is 0 Å². The van der Waals surface area contributed by atoms with Gasteiger partial charge in [0.15, 0.2) is 8.32 Å². The first-order chi connectivity index (χ1) is 24.2. The molecule has 0 saturated heterocycles. The van der Waals surface area contributed by atoms with Gasteiger partial charge in [0.25, 0.3) is 0 Å². The predicted octanol–water partition coefficient (Wildman–Crippen LogP) is 9.50. The van der Waals surface area contributed by atoms with Gasteiger partial charge in [0.1, 0.15) is 12.5 Å². The van der Waals surface area contributed by atoms with E-state index in [0.29, 0.717) is 62.1 Å². The van der Waals surface area contributed by atoms with Crippen molar-refractivity contribution in [3.63, 3.8) is 0 Å². The summed E-state index contributed by atoms with van der Waals surface area (Å²) in [6.07, 6.45) is 7.81. The van der Waals surface area contributed by atoms with Crippen LogP contribution in [0, 0.1) is 11.8 Å². The van der Waals surface area contributed by atoms with E-state index >= 15 is 0 Å².